The van der Waals surface area contributed by atoms with E-state index in [1.807, 2.05) is 0 Å². The summed E-state index contributed by atoms with van der Waals surface area (Å²) in [7, 11) is 2.09. The lowest BCUT2D eigenvalue weighted by atomic mass is 9.92. The number of aryl methyl sites for hydroxylation is 1. The Labute approximate surface area is 96.1 Å². The van der Waals surface area contributed by atoms with Crippen LogP contribution in [0.3, 0.4) is 0 Å². The lowest BCUT2D eigenvalue weighted by Crippen LogP contribution is -2.13. The number of rotatable bonds is 3. The second-order valence-electron chi connectivity index (χ2n) is 5.02. The van der Waals surface area contributed by atoms with Gasteiger partial charge in [-0.1, -0.05) is 6.07 Å². The van der Waals surface area contributed by atoms with Gasteiger partial charge in [0.25, 0.3) is 0 Å². The Morgan fingerprint density at radius 2 is 2.12 bits per heavy atom. The van der Waals surface area contributed by atoms with E-state index in [1.165, 1.54) is 29.3 Å². The van der Waals surface area contributed by atoms with Gasteiger partial charge < -0.3 is 10.3 Å². The zero-order chi connectivity index (χ0) is 11.2. The predicted molar refractivity (Wildman–Crippen MR) is 67.5 cm³/mol. The molecule has 2 nitrogen and oxygen atoms in total. The largest absolute Gasteiger partial charge is 0.351 e. The lowest BCUT2D eigenvalue weighted by molar-refractivity contribution is 0.630. The molecule has 0 bridgehead atoms. The molecule has 84 valence electrons. The van der Waals surface area contributed by atoms with Crippen LogP contribution in [-0.4, -0.2) is 11.1 Å². The molecule has 1 aromatic carbocycles. The van der Waals surface area contributed by atoms with E-state index in [4.69, 9.17) is 5.73 Å². The molecule has 0 saturated heterocycles. The van der Waals surface area contributed by atoms with Gasteiger partial charge in [-0.3, -0.25) is 0 Å². The summed E-state index contributed by atoms with van der Waals surface area (Å²) in [5.74, 6) is 0. The molecule has 0 spiro atoms. The maximum Gasteiger partial charge on any atom is 0.0477 e. The zero-order valence-corrected chi connectivity index (χ0v) is 9.74. The van der Waals surface area contributed by atoms with Gasteiger partial charge in [-0.15, -0.1) is 0 Å². The summed E-state index contributed by atoms with van der Waals surface area (Å²) in [5.41, 5.74) is 8.92. The number of fused-ring (bicyclic) bond motifs is 1. The highest BCUT2D eigenvalue weighted by molar-refractivity contribution is 5.81. The first kappa shape index (κ1) is 9.91. The van der Waals surface area contributed by atoms with Crippen molar-refractivity contribution in [3.05, 3.63) is 36.0 Å². The number of benzene rings is 1. The molecule has 0 amide bonds. The van der Waals surface area contributed by atoms with Crippen LogP contribution in [0.5, 0.6) is 0 Å². The maximum atomic E-state index is 5.70. The second kappa shape index (κ2) is 3.36. The Balaban J connectivity index is 2.05. The van der Waals surface area contributed by atoms with Gasteiger partial charge in [0.2, 0.25) is 0 Å². The Bertz CT molecular complexity index is 521. The second-order valence-corrected chi connectivity index (χ2v) is 5.02. The van der Waals surface area contributed by atoms with Crippen molar-refractivity contribution in [1.29, 1.82) is 0 Å². The van der Waals surface area contributed by atoms with Crippen molar-refractivity contribution in [2.24, 2.45) is 12.8 Å². The molecule has 1 aromatic heterocycles. The zero-order valence-electron chi connectivity index (χ0n) is 9.74. The summed E-state index contributed by atoms with van der Waals surface area (Å²) in [6.45, 7) is 0.798. The molecule has 1 aliphatic carbocycles. The van der Waals surface area contributed by atoms with Crippen LogP contribution < -0.4 is 5.73 Å². The number of nitrogens with zero attached hydrogens (tertiary/aromatic N) is 1. The van der Waals surface area contributed by atoms with Gasteiger partial charge in [0.1, 0.15) is 0 Å². The van der Waals surface area contributed by atoms with Crippen LogP contribution in [0.1, 0.15) is 24.8 Å². The smallest absolute Gasteiger partial charge is 0.0477 e. The van der Waals surface area contributed by atoms with Gasteiger partial charge in [0, 0.05) is 18.8 Å². The number of hydrogen-bond acceptors (Lipinski definition) is 1. The van der Waals surface area contributed by atoms with Crippen LogP contribution in [0.4, 0.5) is 0 Å². The van der Waals surface area contributed by atoms with Gasteiger partial charge in [0.05, 0.1) is 0 Å². The third-order valence-corrected chi connectivity index (χ3v) is 3.97. The average molecular weight is 214 g/mol. The topological polar surface area (TPSA) is 30.9 Å². The predicted octanol–water partition coefficient (Wildman–Crippen LogP) is 2.56. The lowest BCUT2D eigenvalue weighted by Gasteiger charge is -2.14. The van der Waals surface area contributed by atoms with Gasteiger partial charge in [-0.25, -0.2) is 0 Å². The van der Waals surface area contributed by atoms with E-state index < -0.39 is 0 Å². The Morgan fingerprint density at radius 1 is 1.31 bits per heavy atom. The SMILES string of the molecule is Cn1ccc2cc(C3(CCN)CC3)ccc21. The molecule has 0 aliphatic heterocycles. The summed E-state index contributed by atoms with van der Waals surface area (Å²) in [6.07, 6.45) is 5.87. The normalized spacial score (nSPS) is 17.9. The van der Waals surface area contributed by atoms with Gasteiger partial charge in [-0.2, -0.15) is 0 Å². The minimum absolute atomic E-state index is 0.415. The first-order chi connectivity index (χ1) is 7.75. The minimum Gasteiger partial charge on any atom is -0.351 e. The van der Waals surface area contributed by atoms with E-state index in [0.717, 1.165) is 13.0 Å². The van der Waals surface area contributed by atoms with E-state index >= 15 is 0 Å². The number of aromatic nitrogens is 1. The van der Waals surface area contributed by atoms with Crippen LogP contribution in [-0.2, 0) is 12.5 Å². The van der Waals surface area contributed by atoms with Crippen molar-refractivity contribution in [2.45, 2.75) is 24.7 Å². The fourth-order valence-electron chi connectivity index (χ4n) is 2.72. The van der Waals surface area contributed by atoms with E-state index in [1.54, 1.807) is 0 Å². The van der Waals surface area contributed by atoms with E-state index in [9.17, 15) is 0 Å². The summed E-state index contributed by atoms with van der Waals surface area (Å²) in [4.78, 5) is 0. The number of hydrogen-bond donors (Lipinski definition) is 1. The first-order valence-corrected chi connectivity index (χ1v) is 6.01. The van der Waals surface area contributed by atoms with Crippen molar-refractivity contribution in [3.63, 3.8) is 0 Å². The van der Waals surface area contributed by atoms with Crippen LogP contribution in [0.15, 0.2) is 30.5 Å². The molecule has 1 saturated carbocycles. The Kier molecular flexibility index (Phi) is 2.08. The van der Waals surface area contributed by atoms with E-state index in [0.29, 0.717) is 5.41 Å². The highest BCUT2D eigenvalue weighted by Crippen LogP contribution is 2.51. The van der Waals surface area contributed by atoms with Crippen LogP contribution in [0.25, 0.3) is 10.9 Å². The van der Waals surface area contributed by atoms with Crippen LogP contribution in [0.2, 0.25) is 0 Å². The molecule has 2 heteroatoms. The molecule has 3 rings (SSSR count). The quantitative estimate of drug-likeness (QED) is 0.836. The van der Waals surface area contributed by atoms with Crippen molar-refractivity contribution < 1.29 is 0 Å². The van der Waals surface area contributed by atoms with Crippen molar-refractivity contribution >= 4 is 10.9 Å². The molecule has 2 N–H and O–H groups in total. The van der Waals surface area contributed by atoms with Crippen LogP contribution in [0, 0.1) is 0 Å². The third-order valence-electron chi connectivity index (χ3n) is 3.97. The number of nitrogens with two attached hydrogens (primary N) is 1. The molecule has 1 heterocycles. The van der Waals surface area contributed by atoms with E-state index in [-0.39, 0.29) is 0 Å². The molecule has 0 unspecified atom stereocenters. The molecule has 0 radical (unpaired) electrons. The van der Waals surface area contributed by atoms with Gasteiger partial charge >= 0.3 is 0 Å². The fourth-order valence-corrected chi connectivity index (χ4v) is 2.72. The van der Waals surface area contributed by atoms with Crippen molar-refractivity contribution in [3.8, 4) is 0 Å². The average Bonchev–Trinajstić information content (AvgIpc) is 2.99. The Hall–Kier alpha value is -1.28. The summed E-state index contributed by atoms with van der Waals surface area (Å²) in [6, 6.07) is 9.06. The highest BCUT2D eigenvalue weighted by atomic mass is 14.9. The fraction of sp³-hybridized carbons (Fsp3) is 0.429. The van der Waals surface area contributed by atoms with E-state index in [2.05, 4.69) is 42.1 Å². The summed E-state index contributed by atoms with van der Waals surface area (Å²) in [5, 5.41) is 1.35. The third kappa shape index (κ3) is 1.37. The monoisotopic (exact) mass is 214 g/mol. The Morgan fingerprint density at radius 3 is 2.81 bits per heavy atom. The molecular formula is C14H18N2. The minimum atomic E-state index is 0.415. The molecule has 2 aromatic rings. The standard InChI is InChI=1S/C14H18N2/c1-16-9-4-11-10-12(2-3-13(11)16)14(5-6-14)7-8-15/h2-4,9-10H,5-8,15H2,1H3. The molecule has 1 aliphatic rings. The van der Waals surface area contributed by atoms with Gasteiger partial charge in [0.15, 0.2) is 0 Å². The maximum absolute atomic E-state index is 5.70. The summed E-state index contributed by atoms with van der Waals surface area (Å²) >= 11 is 0. The molecular weight excluding hydrogens is 196 g/mol. The molecule has 0 atom stereocenters. The molecule has 16 heavy (non-hydrogen) atoms. The van der Waals surface area contributed by atoms with Gasteiger partial charge in [-0.05, 0) is 60.4 Å². The first-order valence-electron chi connectivity index (χ1n) is 6.01. The summed E-state index contributed by atoms with van der Waals surface area (Å²) < 4.78 is 2.17. The highest BCUT2D eigenvalue weighted by Gasteiger charge is 2.43. The van der Waals surface area contributed by atoms with Crippen molar-refractivity contribution in [1.82, 2.24) is 4.57 Å². The van der Waals surface area contributed by atoms with Crippen molar-refractivity contribution in [2.75, 3.05) is 6.54 Å². The van der Waals surface area contributed by atoms with Crippen LogP contribution >= 0.6 is 0 Å². The molecule has 1 fully saturated rings.